The van der Waals surface area contributed by atoms with Crippen molar-refractivity contribution in [3.05, 3.63) is 0 Å². The summed E-state index contributed by atoms with van der Waals surface area (Å²) in [6.07, 6.45) is 0. The molecule has 8 nitrogen and oxygen atoms in total. The van der Waals surface area contributed by atoms with E-state index in [1.165, 1.54) is 0 Å². The minimum Gasteiger partial charge on any atom is -0.480 e. The van der Waals surface area contributed by atoms with Gasteiger partial charge in [-0.05, 0) is 20.1 Å². The SMILES string of the molecule is [B]N1CCN(CC(=O)O)CCN(C)CCN(CC(=O)O)CC1. The third-order valence-corrected chi connectivity index (χ3v) is 3.72. The number of hydrogen-bond donors (Lipinski definition) is 2. The maximum Gasteiger partial charge on any atom is 0.317 e. The van der Waals surface area contributed by atoms with Crippen molar-refractivity contribution in [3.63, 3.8) is 0 Å². The summed E-state index contributed by atoms with van der Waals surface area (Å²) in [5.74, 6) is -1.68. The molecule has 0 bridgehead atoms. The Balaban J connectivity index is 2.59. The molecular formula is C13H25BN4O4. The lowest BCUT2D eigenvalue weighted by Gasteiger charge is -2.31. The Morgan fingerprint density at radius 2 is 1.18 bits per heavy atom. The van der Waals surface area contributed by atoms with Crippen LogP contribution in [0.4, 0.5) is 0 Å². The number of carboxylic acids is 2. The minimum atomic E-state index is -0.842. The summed E-state index contributed by atoms with van der Waals surface area (Å²) in [7, 11) is 7.86. The molecule has 22 heavy (non-hydrogen) atoms. The van der Waals surface area contributed by atoms with E-state index >= 15 is 0 Å². The lowest BCUT2D eigenvalue weighted by Crippen LogP contribution is -2.46. The molecule has 0 unspecified atom stereocenters. The normalized spacial score (nSPS) is 21.9. The predicted octanol–water partition coefficient (Wildman–Crippen LogP) is -1.91. The lowest BCUT2D eigenvalue weighted by atomic mass is 10.2. The van der Waals surface area contributed by atoms with Crippen LogP contribution < -0.4 is 0 Å². The molecule has 0 saturated carbocycles. The maximum absolute atomic E-state index is 10.9. The van der Waals surface area contributed by atoms with Gasteiger partial charge in [0.25, 0.3) is 0 Å². The van der Waals surface area contributed by atoms with Gasteiger partial charge in [0, 0.05) is 39.3 Å². The molecule has 0 aromatic rings. The molecule has 0 atom stereocenters. The maximum atomic E-state index is 10.9. The Hall–Kier alpha value is -1.16. The molecule has 2 N–H and O–H groups in total. The zero-order chi connectivity index (χ0) is 16.5. The summed E-state index contributed by atoms with van der Waals surface area (Å²) >= 11 is 0. The van der Waals surface area contributed by atoms with E-state index in [1.54, 1.807) is 4.81 Å². The fourth-order valence-electron chi connectivity index (χ4n) is 2.31. The molecule has 1 aliphatic heterocycles. The van der Waals surface area contributed by atoms with Gasteiger partial charge in [0.15, 0.2) is 7.98 Å². The summed E-state index contributed by atoms with van der Waals surface area (Å²) in [5.41, 5.74) is 0. The van der Waals surface area contributed by atoms with Crippen molar-refractivity contribution in [2.24, 2.45) is 0 Å². The smallest absolute Gasteiger partial charge is 0.317 e. The van der Waals surface area contributed by atoms with Crippen LogP contribution in [0, 0.1) is 0 Å². The molecule has 1 heterocycles. The van der Waals surface area contributed by atoms with Crippen LogP contribution in [0.5, 0.6) is 0 Å². The average Bonchev–Trinajstić information content (AvgIpc) is 2.42. The van der Waals surface area contributed by atoms with Crippen molar-refractivity contribution >= 4 is 19.9 Å². The first-order chi connectivity index (χ1) is 10.4. The fraction of sp³-hybridized carbons (Fsp3) is 0.846. The molecule has 124 valence electrons. The van der Waals surface area contributed by atoms with Crippen molar-refractivity contribution in [1.29, 1.82) is 0 Å². The second-order valence-corrected chi connectivity index (χ2v) is 5.68. The zero-order valence-electron chi connectivity index (χ0n) is 13.1. The second-order valence-electron chi connectivity index (χ2n) is 5.68. The number of rotatable bonds is 4. The van der Waals surface area contributed by atoms with Gasteiger partial charge in [0.2, 0.25) is 0 Å². The zero-order valence-corrected chi connectivity index (χ0v) is 13.1. The summed E-state index contributed by atoms with van der Waals surface area (Å²) in [6, 6.07) is 0. The van der Waals surface area contributed by atoms with Gasteiger partial charge in [0.1, 0.15) is 0 Å². The van der Waals surface area contributed by atoms with Crippen molar-refractivity contribution < 1.29 is 19.8 Å². The lowest BCUT2D eigenvalue weighted by molar-refractivity contribution is -0.139. The van der Waals surface area contributed by atoms with Crippen molar-refractivity contribution in [2.75, 3.05) is 72.5 Å². The molecule has 1 saturated heterocycles. The fourth-order valence-corrected chi connectivity index (χ4v) is 2.31. The molecule has 0 aromatic carbocycles. The number of likely N-dealkylation sites (N-methyl/N-ethyl adjacent to an activating group) is 1. The third-order valence-electron chi connectivity index (χ3n) is 3.72. The number of carbonyl (C=O) groups is 2. The molecule has 0 aromatic heterocycles. The van der Waals surface area contributed by atoms with Crippen LogP contribution in [0.1, 0.15) is 0 Å². The van der Waals surface area contributed by atoms with E-state index in [0.717, 1.165) is 13.1 Å². The van der Waals surface area contributed by atoms with Gasteiger partial charge in [-0.3, -0.25) is 19.4 Å². The van der Waals surface area contributed by atoms with Gasteiger partial charge < -0.3 is 19.9 Å². The Morgan fingerprint density at radius 1 is 0.818 bits per heavy atom. The first-order valence-electron chi connectivity index (χ1n) is 7.43. The van der Waals surface area contributed by atoms with Gasteiger partial charge in [-0.15, -0.1) is 0 Å². The molecule has 1 aliphatic rings. The van der Waals surface area contributed by atoms with Crippen LogP contribution in [0.3, 0.4) is 0 Å². The number of aliphatic carboxylic acids is 2. The molecule has 0 aliphatic carbocycles. The summed E-state index contributed by atoms with van der Waals surface area (Å²) < 4.78 is 0. The summed E-state index contributed by atoms with van der Waals surface area (Å²) in [4.78, 5) is 29.2. The van der Waals surface area contributed by atoms with E-state index in [4.69, 9.17) is 18.2 Å². The first kappa shape index (κ1) is 18.9. The monoisotopic (exact) mass is 312 g/mol. The Labute approximate surface area is 132 Å². The van der Waals surface area contributed by atoms with Crippen LogP contribution in [0.15, 0.2) is 0 Å². The van der Waals surface area contributed by atoms with Crippen LogP contribution in [0.25, 0.3) is 0 Å². The molecule has 0 amide bonds. The van der Waals surface area contributed by atoms with E-state index in [-0.39, 0.29) is 13.1 Å². The Kier molecular flexibility index (Phi) is 8.40. The summed E-state index contributed by atoms with van der Waals surface area (Å²) in [5, 5.41) is 17.9. The summed E-state index contributed by atoms with van der Waals surface area (Å²) in [6.45, 7) is 5.04. The number of nitrogens with zero attached hydrogens (tertiary/aromatic N) is 4. The first-order valence-corrected chi connectivity index (χ1v) is 7.43. The third kappa shape index (κ3) is 8.33. The van der Waals surface area contributed by atoms with Gasteiger partial charge in [0.05, 0.1) is 13.1 Å². The van der Waals surface area contributed by atoms with Gasteiger partial charge >= 0.3 is 11.9 Å². The minimum absolute atomic E-state index is 0.00677. The van der Waals surface area contributed by atoms with Gasteiger partial charge in [-0.1, -0.05) is 0 Å². The van der Waals surface area contributed by atoms with Crippen LogP contribution in [-0.2, 0) is 9.59 Å². The van der Waals surface area contributed by atoms with Crippen molar-refractivity contribution in [3.8, 4) is 0 Å². The van der Waals surface area contributed by atoms with Gasteiger partial charge in [-0.25, -0.2) is 0 Å². The van der Waals surface area contributed by atoms with E-state index in [0.29, 0.717) is 39.3 Å². The molecule has 9 heteroatoms. The Bertz CT molecular complexity index is 322. The van der Waals surface area contributed by atoms with E-state index in [9.17, 15) is 9.59 Å². The van der Waals surface area contributed by atoms with Crippen LogP contribution >= 0.6 is 0 Å². The quantitative estimate of drug-likeness (QED) is 0.582. The van der Waals surface area contributed by atoms with E-state index in [1.807, 2.05) is 16.8 Å². The predicted molar refractivity (Wildman–Crippen MR) is 83.0 cm³/mol. The largest absolute Gasteiger partial charge is 0.480 e. The molecule has 1 rings (SSSR count). The average molecular weight is 312 g/mol. The van der Waals surface area contributed by atoms with Crippen molar-refractivity contribution in [2.45, 2.75) is 0 Å². The van der Waals surface area contributed by atoms with Crippen LogP contribution in [0.2, 0.25) is 0 Å². The highest BCUT2D eigenvalue weighted by atomic mass is 16.4. The standard InChI is InChI=1S/C13H25BN4O4/c1-15-2-4-16(10-12(19)20)6-8-18(14)9-7-17(5-3-15)11-13(21)22/h2-11H2,1H3,(H,19,20)(H,21,22). The molecular weight excluding hydrogens is 287 g/mol. The molecule has 0 spiro atoms. The molecule has 2 radical (unpaired) electrons. The van der Waals surface area contributed by atoms with E-state index in [2.05, 4.69) is 4.90 Å². The van der Waals surface area contributed by atoms with Crippen LogP contribution in [-0.4, -0.2) is 122 Å². The topological polar surface area (TPSA) is 87.6 Å². The number of carboxylic acid groups (broad SMARTS) is 2. The second kappa shape index (κ2) is 9.78. The molecule has 1 fully saturated rings. The highest BCUT2D eigenvalue weighted by Crippen LogP contribution is 1.98. The highest BCUT2D eigenvalue weighted by molar-refractivity contribution is 6.04. The Morgan fingerprint density at radius 3 is 1.55 bits per heavy atom. The van der Waals surface area contributed by atoms with Gasteiger partial charge in [-0.2, -0.15) is 0 Å². The van der Waals surface area contributed by atoms with E-state index < -0.39 is 11.9 Å². The van der Waals surface area contributed by atoms with Crippen molar-refractivity contribution in [1.82, 2.24) is 19.5 Å². The number of hydrogen-bond acceptors (Lipinski definition) is 6. The highest BCUT2D eigenvalue weighted by Gasteiger charge is 2.15.